The second-order valence-electron chi connectivity index (χ2n) is 8.41. The van der Waals surface area contributed by atoms with Crippen molar-refractivity contribution in [2.45, 2.75) is 24.4 Å². The van der Waals surface area contributed by atoms with Gasteiger partial charge in [-0.05, 0) is 17.7 Å². The van der Waals surface area contributed by atoms with E-state index in [0.29, 0.717) is 39.1 Å². The van der Waals surface area contributed by atoms with Gasteiger partial charge in [0, 0.05) is 17.2 Å². The number of nitrogens with one attached hydrogen (secondary N) is 1. The molecule has 2 fully saturated rings. The van der Waals surface area contributed by atoms with Gasteiger partial charge >= 0.3 is 0 Å². The molecule has 3 N–H and O–H groups in total. The Hall–Kier alpha value is -3.31. The number of aromatic hydroxyl groups is 1. The molecule has 11 heteroatoms. The van der Waals surface area contributed by atoms with E-state index in [9.17, 15) is 19.0 Å². The van der Waals surface area contributed by atoms with Gasteiger partial charge in [-0.3, -0.25) is 0 Å². The summed E-state index contributed by atoms with van der Waals surface area (Å²) in [5, 5.41) is 20.2. The number of hydrogen-bond acceptors (Lipinski definition) is 7. The Bertz CT molecular complexity index is 1430. The van der Waals surface area contributed by atoms with Crippen molar-refractivity contribution >= 4 is 22.8 Å². The molecule has 4 aromatic rings. The number of imidazole rings is 1. The molecule has 2 saturated heterocycles. The number of nitrogens with zero attached hydrogens (tertiary/aromatic N) is 2. The highest BCUT2D eigenvalue weighted by Gasteiger charge is 2.48. The van der Waals surface area contributed by atoms with E-state index in [-0.39, 0.29) is 30.9 Å². The van der Waals surface area contributed by atoms with Gasteiger partial charge in [0.05, 0.1) is 29.4 Å². The maximum absolute atomic E-state index is 13.7. The van der Waals surface area contributed by atoms with Crippen LogP contribution in [0.4, 0.5) is 8.78 Å². The molecule has 2 aromatic carbocycles. The van der Waals surface area contributed by atoms with Crippen molar-refractivity contribution < 1.29 is 33.2 Å². The zero-order valence-electron chi connectivity index (χ0n) is 17.9. The summed E-state index contributed by atoms with van der Waals surface area (Å²) >= 11 is 6.47. The number of rotatable bonds is 4. The zero-order valence-corrected chi connectivity index (χ0v) is 18.7. The summed E-state index contributed by atoms with van der Waals surface area (Å²) in [5.41, 5.74) is 2.49. The number of ether oxygens (including phenoxy) is 3. The standard InChI is InChI=1S/C24H18ClF2N3O5/c25-14-7-16-23(30-24(28-16)35-18-9-34-21-17(31)8-33-22(18)21)29-19(14)11-3-1-10(2-4-11)13-5-12(26)6-15(27)20(13)32/h1-7,17-18,21-22,31-32H,8-9H2,(H,28,29,30)/t17-,18-,21-,22-/m1/s1. The number of phenolic OH excluding ortho intramolecular Hbond substituents is 1. The van der Waals surface area contributed by atoms with Gasteiger partial charge in [-0.25, -0.2) is 13.8 Å². The molecule has 8 nitrogen and oxygen atoms in total. The number of hydrogen-bond donors (Lipinski definition) is 3. The van der Waals surface area contributed by atoms with E-state index in [4.69, 9.17) is 25.8 Å². The summed E-state index contributed by atoms with van der Waals surface area (Å²) in [4.78, 5) is 12.0. The number of aromatic amines is 1. The van der Waals surface area contributed by atoms with Crippen LogP contribution in [0.15, 0.2) is 42.5 Å². The molecule has 2 aromatic heterocycles. The van der Waals surface area contributed by atoms with E-state index < -0.39 is 35.7 Å². The Morgan fingerprint density at radius 1 is 1.00 bits per heavy atom. The van der Waals surface area contributed by atoms with Crippen LogP contribution in [-0.4, -0.2) is 62.8 Å². The number of H-pyrrole nitrogens is 1. The number of aliphatic hydroxyl groups is 1. The lowest BCUT2D eigenvalue weighted by atomic mass is 10.0. The molecular weight excluding hydrogens is 484 g/mol. The number of aromatic nitrogens is 3. The van der Waals surface area contributed by atoms with Gasteiger partial charge in [-0.1, -0.05) is 35.9 Å². The fourth-order valence-electron chi connectivity index (χ4n) is 4.44. The first-order chi connectivity index (χ1) is 16.9. The topological polar surface area (TPSA) is 110 Å². The lowest BCUT2D eigenvalue weighted by molar-refractivity contribution is 0.00706. The molecule has 180 valence electrons. The van der Waals surface area contributed by atoms with E-state index in [1.807, 2.05) is 0 Å². The quantitative estimate of drug-likeness (QED) is 0.390. The minimum absolute atomic E-state index is 0.0366. The van der Waals surface area contributed by atoms with Crippen LogP contribution < -0.4 is 4.74 Å². The van der Waals surface area contributed by atoms with Crippen LogP contribution in [0.2, 0.25) is 5.02 Å². The summed E-state index contributed by atoms with van der Waals surface area (Å²) in [5.74, 6) is -2.45. The molecular formula is C24H18ClF2N3O5. The Labute approximate surface area is 202 Å². The second kappa shape index (κ2) is 8.42. The molecule has 0 bridgehead atoms. The molecule has 0 unspecified atom stereocenters. The highest BCUT2D eigenvalue weighted by molar-refractivity contribution is 6.33. The average molecular weight is 502 g/mol. The molecule has 35 heavy (non-hydrogen) atoms. The molecule has 2 aliphatic heterocycles. The molecule has 0 saturated carbocycles. The van der Waals surface area contributed by atoms with Crippen LogP contribution in [0.25, 0.3) is 33.5 Å². The van der Waals surface area contributed by atoms with Crippen LogP contribution in [0.5, 0.6) is 11.8 Å². The highest BCUT2D eigenvalue weighted by Crippen LogP contribution is 2.35. The van der Waals surface area contributed by atoms with Crippen LogP contribution in [-0.2, 0) is 9.47 Å². The fourth-order valence-corrected chi connectivity index (χ4v) is 4.70. The van der Waals surface area contributed by atoms with Crippen molar-refractivity contribution in [2.24, 2.45) is 0 Å². The lowest BCUT2D eigenvalue weighted by Crippen LogP contribution is -2.34. The average Bonchev–Trinajstić information content (AvgIpc) is 3.52. The summed E-state index contributed by atoms with van der Waals surface area (Å²) < 4.78 is 44.4. The highest BCUT2D eigenvalue weighted by atomic mass is 35.5. The summed E-state index contributed by atoms with van der Waals surface area (Å²) in [6.07, 6.45) is -1.90. The zero-order chi connectivity index (χ0) is 24.3. The first-order valence-electron chi connectivity index (χ1n) is 10.8. The van der Waals surface area contributed by atoms with Crippen LogP contribution in [0.1, 0.15) is 0 Å². The number of halogens is 3. The van der Waals surface area contributed by atoms with Gasteiger partial charge in [-0.2, -0.15) is 4.98 Å². The molecule has 0 spiro atoms. The number of aliphatic hydroxyl groups excluding tert-OH is 1. The van der Waals surface area contributed by atoms with Crippen LogP contribution >= 0.6 is 11.6 Å². The van der Waals surface area contributed by atoms with E-state index >= 15 is 0 Å². The number of fused-ring (bicyclic) bond motifs is 2. The Kier molecular flexibility index (Phi) is 5.33. The molecule has 0 aliphatic carbocycles. The minimum atomic E-state index is -1.04. The summed E-state index contributed by atoms with van der Waals surface area (Å²) in [6, 6.07) is 10.2. The van der Waals surface area contributed by atoms with E-state index in [0.717, 1.165) is 6.07 Å². The SMILES string of the molecule is Oc1c(F)cc(F)cc1-c1ccc(-c2nc3nc(O[C@@H]4CO[C@H]5[C@@H]4OC[C@H]5O)[nH]c3cc2Cl)cc1. The molecule has 2 aliphatic rings. The third-order valence-electron chi connectivity index (χ3n) is 6.15. The Balaban J connectivity index is 1.27. The van der Waals surface area contributed by atoms with Gasteiger partial charge in [0.25, 0.3) is 6.01 Å². The van der Waals surface area contributed by atoms with Gasteiger partial charge < -0.3 is 29.4 Å². The van der Waals surface area contributed by atoms with Crippen LogP contribution in [0.3, 0.4) is 0 Å². The van der Waals surface area contributed by atoms with Gasteiger partial charge in [-0.15, -0.1) is 0 Å². The third-order valence-corrected chi connectivity index (χ3v) is 6.44. The Morgan fingerprint density at radius 2 is 1.74 bits per heavy atom. The van der Waals surface area contributed by atoms with E-state index in [1.54, 1.807) is 30.3 Å². The van der Waals surface area contributed by atoms with Crippen molar-refractivity contribution in [3.8, 4) is 34.1 Å². The first-order valence-corrected chi connectivity index (χ1v) is 11.2. The van der Waals surface area contributed by atoms with Crippen LogP contribution in [0, 0.1) is 11.6 Å². The third kappa shape index (κ3) is 3.88. The summed E-state index contributed by atoms with van der Waals surface area (Å²) in [7, 11) is 0. The van der Waals surface area contributed by atoms with Gasteiger partial charge in [0.1, 0.15) is 24.1 Å². The molecule has 0 radical (unpaired) electrons. The molecule has 4 heterocycles. The van der Waals surface area contributed by atoms with Crippen molar-refractivity contribution in [3.63, 3.8) is 0 Å². The molecule has 6 rings (SSSR count). The van der Waals surface area contributed by atoms with E-state index in [1.165, 1.54) is 0 Å². The normalized spacial score (nSPS) is 23.7. The largest absolute Gasteiger partial charge is 0.504 e. The maximum Gasteiger partial charge on any atom is 0.296 e. The van der Waals surface area contributed by atoms with Crippen molar-refractivity contribution in [1.29, 1.82) is 0 Å². The predicted octanol–water partition coefficient (Wildman–Crippen LogP) is 3.84. The summed E-state index contributed by atoms with van der Waals surface area (Å²) in [6.45, 7) is 0.461. The number of phenols is 1. The Morgan fingerprint density at radius 3 is 2.54 bits per heavy atom. The molecule has 0 amide bonds. The monoisotopic (exact) mass is 501 g/mol. The number of benzene rings is 2. The molecule has 4 atom stereocenters. The van der Waals surface area contributed by atoms with Crippen molar-refractivity contribution in [3.05, 3.63) is 59.1 Å². The van der Waals surface area contributed by atoms with Crippen molar-refractivity contribution in [1.82, 2.24) is 15.0 Å². The van der Waals surface area contributed by atoms with Gasteiger partial charge in [0.2, 0.25) is 0 Å². The first kappa shape index (κ1) is 22.2. The lowest BCUT2D eigenvalue weighted by Gasteiger charge is -2.15. The minimum Gasteiger partial charge on any atom is -0.504 e. The predicted molar refractivity (Wildman–Crippen MR) is 121 cm³/mol. The van der Waals surface area contributed by atoms with Crippen molar-refractivity contribution in [2.75, 3.05) is 13.2 Å². The van der Waals surface area contributed by atoms with Gasteiger partial charge in [0.15, 0.2) is 23.3 Å². The van der Waals surface area contributed by atoms with E-state index in [2.05, 4.69) is 15.0 Å². The fraction of sp³-hybridized carbons (Fsp3) is 0.250. The smallest absolute Gasteiger partial charge is 0.296 e. The maximum atomic E-state index is 13.7. The number of pyridine rings is 1. The second-order valence-corrected chi connectivity index (χ2v) is 8.82.